The maximum atomic E-state index is 11.8. The van der Waals surface area contributed by atoms with Crippen LogP contribution in [-0.2, 0) is 11.8 Å². The molecule has 0 aliphatic carbocycles. The lowest BCUT2D eigenvalue weighted by Crippen LogP contribution is -2.04. The summed E-state index contributed by atoms with van der Waals surface area (Å²) < 4.78 is 11.9. The normalized spacial score (nSPS) is 10.9. The summed E-state index contributed by atoms with van der Waals surface area (Å²) in [5.74, 6) is 0.345. The highest BCUT2D eigenvalue weighted by Gasteiger charge is 2.10. The van der Waals surface area contributed by atoms with Crippen LogP contribution in [0, 0.1) is 6.92 Å². The Morgan fingerprint density at radius 1 is 1.33 bits per heavy atom. The van der Waals surface area contributed by atoms with Crippen molar-refractivity contribution < 1.29 is 14.3 Å². The van der Waals surface area contributed by atoms with Gasteiger partial charge >= 0.3 is 5.97 Å². The van der Waals surface area contributed by atoms with Crippen molar-refractivity contribution in [2.75, 3.05) is 7.11 Å². The zero-order valence-electron chi connectivity index (χ0n) is 12.0. The smallest absolute Gasteiger partial charge is 0.336 e. The minimum absolute atomic E-state index is 0.364. The fourth-order valence-electron chi connectivity index (χ4n) is 1.83. The Morgan fingerprint density at radius 3 is 2.57 bits per heavy atom. The largest absolute Gasteiger partial charge is 0.493 e. The molecule has 1 aromatic carbocycles. The summed E-state index contributed by atoms with van der Waals surface area (Å²) in [6, 6.07) is 6.93. The van der Waals surface area contributed by atoms with Crippen LogP contribution in [0.15, 0.2) is 30.3 Å². The lowest BCUT2D eigenvalue weighted by Gasteiger charge is -2.06. The van der Waals surface area contributed by atoms with Gasteiger partial charge in [-0.25, -0.2) is 4.79 Å². The molecule has 0 radical (unpaired) electrons. The molecule has 0 N–H and O–H groups in total. The molecular formula is C15H15ClN2O3. The predicted octanol–water partition coefficient (Wildman–Crippen LogP) is 3.01. The van der Waals surface area contributed by atoms with E-state index in [0.29, 0.717) is 22.2 Å². The zero-order valence-corrected chi connectivity index (χ0v) is 12.7. The molecule has 0 bridgehead atoms. The molecule has 1 aromatic heterocycles. The van der Waals surface area contributed by atoms with E-state index in [0.717, 1.165) is 5.69 Å². The number of hydrogen-bond donors (Lipinski definition) is 0. The van der Waals surface area contributed by atoms with Gasteiger partial charge in [0.1, 0.15) is 5.15 Å². The summed E-state index contributed by atoms with van der Waals surface area (Å²) in [6.07, 6.45) is 2.89. The number of ether oxygens (including phenoxy) is 2. The molecule has 0 saturated heterocycles. The average Bonchev–Trinajstić information content (AvgIpc) is 2.71. The SMILES string of the molecule is COc1ccccc1OC(=O)/C=C/c1c(C)nn(C)c1Cl. The van der Waals surface area contributed by atoms with Crippen molar-refractivity contribution in [1.82, 2.24) is 9.78 Å². The topological polar surface area (TPSA) is 53.4 Å². The molecule has 0 aliphatic rings. The van der Waals surface area contributed by atoms with Crippen molar-refractivity contribution >= 4 is 23.6 Å². The van der Waals surface area contributed by atoms with E-state index >= 15 is 0 Å². The number of nitrogens with zero attached hydrogens (tertiary/aromatic N) is 2. The molecule has 21 heavy (non-hydrogen) atoms. The van der Waals surface area contributed by atoms with Crippen LogP contribution in [0.5, 0.6) is 11.5 Å². The van der Waals surface area contributed by atoms with Crippen LogP contribution >= 0.6 is 11.6 Å². The lowest BCUT2D eigenvalue weighted by atomic mass is 10.2. The van der Waals surface area contributed by atoms with Crippen molar-refractivity contribution in [2.24, 2.45) is 7.05 Å². The highest BCUT2D eigenvalue weighted by Crippen LogP contribution is 2.26. The van der Waals surface area contributed by atoms with Crippen molar-refractivity contribution in [3.05, 3.63) is 46.8 Å². The molecule has 2 aromatic rings. The van der Waals surface area contributed by atoms with E-state index in [9.17, 15) is 4.79 Å². The lowest BCUT2D eigenvalue weighted by molar-refractivity contribution is -0.129. The van der Waals surface area contributed by atoms with Gasteiger partial charge in [0.25, 0.3) is 0 Å². The van der Waals surface area contributed by atoms with Gasteiger partial charge in [0.2, 0.25) is 0 Å². The van der Waals surface area contributed by atoms with Crippen LogP contribution < -0.4 is 9.47 Å². The first-order valence-corrected chi connectivity index (χ1v) is 6.62. The quantitative estimate of drug-likeness (QED) is 0.495. The summed E-state index contributed by atoms with van der Waals surface area (Å²) in [5.41, 5.74) is 1.43. The van der Waals surface area contributed by atoms with Crippen LogP contribution in [0.3, 0.4) is 0 Å². The van der Waals surface area contributed by atoms with Crippen LogP contribution in [0.1, 0.15) is 11.3 Å². The van der Waals surface area contributed by atoms with E-state index in [1.807, 2.05) is 6.92 Å². The van der Waals surface area contributed by atoms with Gasteiger partial charge in [-0.15, -0.1) is 0 Å². The van der Waals surface area contributed by atoms with E-state index in [1.54, 1.807) is 42.1 Å². The van der Waals surface area contributed by atoms with Crippen molar-refractivity contribution in [3.8, 4) is 11.5 Å². The monoisotopic (exact) mass is 306 g/mol. The second-order valence-corrected chi connectivity index (χ2v) is 4.68. The first kappa shape index (κ1) is 15.1. The van der Waals surface area contributed by atoms with E-state index < -0.39 is 5.97 Å². The van der Waals surface area contributed by atoms with Crippen LogP contribution in [0.4, 0.5) is 0 Å². The van der Waals surface area contributed by atoms with E-state index in [1.165, 1.54) is 13.2 Å². The second-order valence-electron chi connectivity index (χ2n) is 4.32. The fraction of sp³-hybridized carbons (Fsp3) is 0.200. The Kier molecular flexibility index (Phi) is 4.65. The fourth-order valence-corrected chi connectivity index (χ4v) is 2.07. The molecule has 0 atom stereocenters. The molecule has 6 heteroatoms. The number of esters is 1. The van der Waals surface area contributed by atoms with E-state index in [2.05, 4.69) is 5.10 Å². The van der Waals surface area contributed by atoms with E-state index in [4.69, 9.17) is 21.1 Å². The number of aryl methyl sites for hydroxylation is 2. The highest BCUT2D eigenvalue weighted by molar-refractivity contribution is 6.31. The van der Waals surface area contributed by atoms with Gasteiger partial charge in [-0.05, 0) is 25.1 Å². The Balaban J connectivity index is 2.13. The number of carbonyl (C=O) groups excluding carboxylic acids is 1. The Labute approximate surface area is 127 Å². The average molecular weight is 307 g/mol. The Bertz CT molecular complexity index is 692. The number of halogens is 1. The zero-order chi connectivity index (χ0) is 15.4. The summed E-state index contributed by atoms with van der Waals surface area (Å²) in [4.78, 5) is 11.8. The molecular weight excluding hydrogens is 292 g/mol. The molecule has 5 nitrogen and oxygen atoms in total. The van der Waals surface area contributed by atoms with Gasteiger partial charge in [0.05, 0.1) is 12.8 Å². The van der Waals surface area contributed by atoms with Gasteiger partial charge in [-0.2, -0.15) is 5.10 Å². The van der Waals surface area contributed by atoms with Gasteiger partial charge < -0.3 is 9.47 Å². The maximum absolute atomic E-state index is 11.8. The minimum atomic E-state index is -0.515. The number of methoxy groups -OCH3 is 1. The number of carbonyl (C=O) groups is 1. The third-order valence-electron chi connectivity index (χ3n) is 2.86. The first-order valence-electron chi connectivity index (χ1n) is 6.25. The standard InChI is InChI=1S/C15H15ClN2O3/c1-10-11(15(16)18(2)17-10)8-9-14(19)21-13-7-5-4-6-12(13)20-3/h4-9H,1-3H3/b9-8+. The molecule has 0 fully saturated rings. The molecule has 0 unspecified atom stereocenters. The second kappa shape index (κ2) is 6.45. The number of aromatic nitrogens is 2. The molecule has 2 rings (SSSR count). The number of hydrogen-bond acceptors (Lipinski definition) is 4. The van der Waals surface area contributed by atoms with Crippen LogP contribution in [0.2, 0.25) is 5.15 Å². The van der Waals surface area contributed by atoms with Crippen molar-refractivity contribution in [3.63, 3.8) is 0 Å². The summed E-state index contributed by atoms with van der Waals surface area (Å²) in [6.45, 7) is 1.82. The Morgan fingerprint density at radius 2 is 2.00 bits per heavy atom. The minimum Gasteiger partial charge on any atom is -0.493 e. The number of rotatable bonds is 4. The third kappa shape index (κ3) is 3.44. The van der Waals surface area contributed by atoms with Gasteiger partial charge in [-0.1, -0.05) is 23.7 Å². The van der Waals surface area contributed by atoms with Crippen molar-refractivity contribution in [1.29, 1.82) is 0 Å². The summed E-state index contributed by atoms with van der Waals surface area (Å²) >= 11 is 6.08. The van der Waals surface area contributed by atoms with Crippen molar-refractivity contribution in [2.45, 2.75) is 6.92 Å². The number of para-hydroxylation sites is 2. The Hall–Kier alpha value is -2.27. The third-order valence-corrected chi connectivity index (χ3v) is 3.31. The molecule has 0 aliphatic heterocycles. The summed E-state index contributed by atoms with van der Waals surface area (Å²) in [7, 11) is 3.25. The van der Waals surface area contributed by atoms with Gasteiger partial charge in [0.15, 0.2) is 11.5 Å². The molecule has 110 valence electrons. The highest BCUT2D eigenvalue weighted by atomic mass is 35.5. The molecule has 0 spiro atoms. The molecule has 1 heterocycles. The van der Waals surface area contributed by atoms with Crippen LogP contribution in [0.25, 0.3) is 6.08 Å². The molecule has 0 saturated carbocycles. The first-order chi connectivity index (χ1) is 10.0. The van der Waals surface area contributed by atoms with Crippen LogP contribution in [-0.4, -0.2) is 22.9 Å². The van der Waals surface area contributed by atoms with E-state index in [-0.39, 0.29) is 0 Å². The molecule has 0 amide bonds. The number of benzene rings is 1. The predicted molar refractivity (Wildman–Crippen MR) is 80.6 cm³/mol. The van der Waals surface area contributed by atoms with Gasteiger partial charge in [-0.3, -0.25) is 4.68 Å². The summed E-state index contributed by atoms with van der Waals surface area (Å²) in [5, 5.41) is 4.63. The maximum Gasteiger partial charge on any atom is 0.336 e. The van der Waals surface area contributed by atoms with Gasteiger partial charge in [0, 0.05) is 18.7 Å².